The maximum atomic E-state index is 13.1. The number of amides is 1. The molecule has 1 atom stereocenters. The van der Waals surface area contributed by atoms with Gasteiger partial charge in [-0.2, -0.15) is 0 Å². The molecule has 1 saturated heterocycles. The fourth-order valence-electron chi connectivity index (χ4n) is 4.53. The number of carbonyl (C=O) groups excluding carboxylic acids is 1. The quantitative estimate of drug-likeness (QED) is 0.698. The van der Waals surface area contributed by atoms with Gasteiger partial charge in [-0.3, -0.25) is 4.79 Å². The number of hydrogen-bond donors (Lipinski definition) is 2. The predicted molar refractivity (Wildman–Crippen MR) is 120 cm³/mol. The lowest BCUT2D eigenvalue weighted by molar-refractivity contribution is 0.102. The second-order valence-electron chi connectivity index (χ2n) is 8.03. The van der Waals surface area contributed by atoms with Crippen LogP contribution >= 0.6 is 0 Å². The Kier molecular flexibility index (Phi) is 5.20. The van der Waals surface area contributed by atoms with Gasteiger partial charge in [-0.05, 0) is 60.2 Å². The Balaban J connectivity index is 1.36. The van der Waals surface area contributed by atoms with Crippen LogP contribution in [-0.2, 0) is 12.8 Å². The molecule has 5 nitrogen and oxygen atoms in total. The number of benzene rings is 2. The molecule has 0 unspecified atom stereocenters. The third kappa shape index (κ3) is 3.81. The molecular formula is C25H26N4O. The van der Waals surface area contributed by atoms with Crippen LogP contribution in [0.4, 0.5) is 11.5 Å². The first-order chi connectivity index (χ1) is 14.8. The number of rotatable bonds is 4. The van der Waals surface area contributed by atoms with E-state index in [1.54, 1.807) is 6.20 Å². The number of hydrogen-bond acceptors (Lipinski definition) is 4. The number of piperazine rings is 1. The highest BCUT2D eigenvalue weighted by Crippen LogP contribution is 2.27. The molecule has 1 aliphatic carbocycles. The molecule has 1 amide bonds. The third-order valence-electron chi connectivity index (χ3n) is 6.06. The van der Waals surface area contributed by atoms with Crippen LogP contribution in [0.1, 0.15) is 39.5 Å². The molecule has 5 rings (SSSR count). The first-order valence-corrected chi connectivity index (χ1v) is 10.7. The zero-order valence-corrected chi connectivity index (χ0v) is 17.0. The number of anilines is 2. The maximum Gasteiger partial charge on any atom is 0.259 e. The lowest BCUT2D eigenvalue weighted by atomic mass is 10.0. The summed E-state index contributed by atoms with van der Waals surface area (Å²) in [6, 6.07) is 20.6. The van der Waals surface area contributed by atoms with E-state index in [4.69, 9.17) is 0 Å². The summed E-state index contributed by atoms with van der Waals surface area (Å²) < 4.78 is 0. The zero-order valence-electron chi connectivity index (χ0n) is 17.0. The summed E-state index contributed by atoms with van der Waals surface area (Å²) in [5.41, 5.74) is 5.49. The Bertz CT molecular complexity index is 1050. The van der Waals surface area contributed by atoms with Gasteiger partial charge in [-0.1, -0.05) is 36.4 Å². The van der Waals surface area contributed by atoms with Crippen molar-refractivity contribution in [3.05, 3.63) is 89.1 Å². The number of carbonyl (C=O) groups is 1. The van der Waals surface area contributed by atoms with Crippen molar-refractivity contribution in [1.82, 2.24) is 10.3 Å². The van der Waals surface area contributed by atoms with Crippen LogP contribution in [0.2, 0.25) is 0 Å². The van der Waals surface area contributed by atoms with Gasteiger partial charge in [0.15, 0.2) is 0 Å². The van der Waals surface area contributed by atoms with Gasteiger partial charge in [0.25, 0.3) is 5.91 Å². The van der Waals surface area contributed by atoms with E-state index in [1.807, 2.05) is 24.3 Å². The summed E-state index contributed by atoms with van der Waals surface area (Å²) in [7, 11) is 0. The van der Waals surface area contributed by atoms with Crippen LogP contribution in [0.5, 0.6) is 0 Å². The highest BCUT2D eigenvalue weighted by atomic mass is 16.1. The normalized spacial score (nSPS) is 18.1. The van der Waals surface area contributed by atoms with E-state index in [9.17, 15) is 4.79 Å². The van der Waals surface area contributed by atoms with Crippen LogP contribution in [0.15, 0.2) is 66.9 Å². The lowest BCUT2D eigenvalue weighted by Gasteiger charge is -2.35. The Morgan fingerprint density at radius 2 is 1.90 bits per heavy atom. The first-order valence-electron chi connectivity index (χ1n) is 10.7. The van der Waals surface area contributed by atoms with Crippen molar-refractivity contribution in [2.24, 2.45) is 0 Å². The van der Waals surface area contributed by atoms with Gasteiger partial charge in [-0.25, -0.2) is 4.98 Å². The van der Waals surface area contributed by atoms with Crippen molar-refractivity contribution in [2.75, 3.05) is 29.9 Å². The van der Waals surface area contributed by atoms with E-state index in [-0.39, 0.29) is 11.9 Å². The Morgan fingerprint density at radius 1 is 1.03 bits per heavy atom. The molecule has 1 aromatic heterocycles. The zero-order chi connectivity index (χ0) is 20.3. The number of pyridine rings is 1. The summed E-state index contributed by atoms with van der Waals surface area (Å²) in [5, 5.41) is 6.67. The molecule has 2 aliphatic rings. The van der Waals surface area contributed by atoms with Crippen LogP contribution in [0.3, 0.4) is 0 Å². The van der Waals surface area contributed by atoms with Crippen LogP contribution in [0.25, 0.3) is 0 Å². The van der Waals surface area contributed by atoms with Gasteiger partial charge in [0.1, 0.15) is 5.82 Å². The van der Waals surface area contributed by atoms with Gasteiger partial charge in [0, 0.05) is 37.6 Å². The number of aryl methyl sites for hydroxylation is 2. The standard InChI is InChI=1S/C25H26N4O/c30-25(28-21-12-11-18-8-4-9-20(18)16-21)22-10-5-13-27-24(22)29-15-14-26-23(17-29)19-6-2-1-3-7-19/h1-3,5-7,10-13,16,23,26H,4,8-9,14-15,17H2,(H,28,30)/t23-/m1/s1. The molecule has 1 aliphatic heterocycles. The Morgan fingerprint density at radius 3 is 2.80 bits per heavy atom. The Labute approximate surface area is 177 Å². The lowest BCUT2D eigenvalue weighted by Crippen LogP contribution is -2.46. The number of aromatic nitrogens is 1. The molecule has 152 valence electrons. The molecule has 1 fully saturated rings. The molecule has 2 N–H and O–H groups in total. The minimum absolute atomic E-state index is 0.106. The summed E-state index contributed by atoms with van der Waals surface area (Å²) >= 11 is 0. The summed E-state index contributed by atoms with van der Waals surface area (Å²) in [6.07, 6.45) is 5.20. The van der Waals surface area contributed by atoms with Crippen LogP contribution in [-0.4, -0.2) is 30.5 Å². The van der Waals surface area contributed by atoms with Crippen molar-refractivity contribution in [1.29, 1.82) is 0 Å². The van der Waals surface area contributed by atoms with Crippen molar-refractivity contribution >= 4 is 17.4 Å². The fourth-order valence-corrected chi connectivity index (χ4v) is 4.53. The molecular weight excluding hydrogens is 372 g/mol. The molecule has 3 aromatic rings. The SMILES string of the molecule is O=C(Nc1ccc2c(c1)CCC2)c1cccnc1N1CCN[C@@H](c2ccccc2)C1. The van der Waals surface area contributed by atoms with Gasteiger partial charge >= 0.3 is 0 Å². The summed E-state index contributed by atoms with van der Waals surface area (Å²) in [5.74, 6) is 0.643. The molecule has 2 aromatic carbocycles. The van der Waals surface area contributed by atoms with Gasteiger partial charge < -0.3 is 15.5 Å². The second kappa shape index (κ2) is 8.28. The monoisotopic (exact) mass is 398 g/mol. The molecule has 2 heterocycles. The van der Waals surface area contributed by atoms with Crippen LogP contribution in [0, 0.1) is 0 Å². The van der Waals surface area contributed by atoms with Crippen molar-refractivity contribution in [3.63, 3.8) is 0 Å². The van der Waals surface area contributed by atoms with Gasteiger partial charge in [0.05, 0.1) is 5.56 Å². The van der Waals surface area contributed by atoms with E-state index < -0.39 is 0 Å². The molecule has 0 saturated carbocycles. The minimum Gasteiger partial charge on any atom is -0.353 e. The fraction of sp³-hybridized carbons (Fsp3) is 0.280. The molecule has 0 radical (unpaired) electrons. The highest BCUT2D eigenvalue weighted by molar-refractivity contribution is 6.07. The van der Waals surface area contributed by atoms with Crippen molar-refractivity contribution in [2.45, 2.75) is 25.3 Å². The topological polar surface area (TPSA) is 57.3 Å². The van der Waals surface area contributed by atoms with E-state index in [2.05, 4.69) is 56.9 Å². The number of nitrogens with one attached hydrogen (secondary N) is 2. The summed E-state index contributed by atoms with van der Waals surface area (Å²) in [6.45, 7) is 2.45. The van der Waals surface area contributed by atoms with E-state index in [1.165, 1.54) is 23.1 Å². The minimum atomic E-state index is -0.106. The molecule has 0 spiro atoms. The Hall–Kier alpha value is -3.18. The van der Waals surface area contributed by atoms with Gasteiger partial charge in [-0.15, -0.1) is 0 Å². The summed E-state index contributed by atoms with van der Waals surface area (Å²) in [4.78, 5) is 19.9. The average Bonchev–Trinajstić information content (AvgIpc) is 3.28. The largest absolute Gasteiger partial charge is 0.353 e. The second-order valence-corrected chi connectivity index (χ2v) is 8.03. The van der Waals surface area contributed by atoms with Crippen molar-refractivity contribution < 1.29 is 4.79 Å². The predicted octanol–water partition coefficient (Wildman–Crippen LogP) is 3.97. The average molecular weight is 399 g/mol. The van der Waals surface area contributed by atoms with Crippen LogP contribution < -0.4 is 15.5 Å². The first kappa shape index (κ1) is 18.8. The maximum absolute atomic E-state index is 13.1. The highest BCUT2D eigenvalue weighted by Gasteiger charge is 2.25. The van der Waals surface area contributed by atoms with E-state index in [0.29, 0.717) is 5.56 Å². The molecule has 5 heteroatoms. The number of fused-ring (bicyclic) bond motifs is 1. The van der Waals surface area contributed by atoms with E-state index in [0.717, 1.165) is 44.0 Å². The number of nitrogens with zero attached hydrogens (tertiary/aromatic N) is 2. The van der Waals surface area contributed by atoms with Gasteiger partial charge in [0.2, 0.25) is 0 Å². The van der Waals surface area contributed by atoms with E-state index >= 15 is 0 Å². The molecule has 30 heavy (non-hydrogen) atoms. The molecule has 0 bridgehead atoms. The smallest absolute Gasteiger partial charge is 0.259 e. The van der Waals surface area contributed by atoms with Crippen molar-refractivity contribution in [3.8, 4) is 0 Å². The third-order valence-corrected chi connectivity index (χ3v) is 6.06.